The summed E-state index contributed by atoms with van der Waals surface area (Å²) in [5.41, 5.74) is 1.01. The molecule has 0 N–H and O–H groups in total. The largest absolute Gasteiger partial charge is 0.475 e. The SMILES string of the molecule is CC(=O)SCC1CC(=O)N(Cc2ccnc(OC(C)C)c2)C1. The summed E-state index contributed by atoms with van der Waals surface area (Å²) < 4.78 is 5.58. The Labute approximate surface area is 135 Å². The molecule has 5 nitrogen and oxygen atoms in total. The maximum absolute atomic E-state index is 12.1. The molecule has 0 radical (unpaired) electrons. The van der Waals surface area contributed by atoms with Gasteiger partial charge in [-0.05, 0) is 31.4 Å². The minimum absolute atomic E-state index is 0.0733. The van der Waals surface area contributed by atoms with Crippen LogP contribution in [-0.2, 0) is 16.1 Å². The molecule has 1 aromatic heterocycles. The van der Waals surface area contributed by atoms with Gasteiger partial charge in [-0.25, -0.2) is 4.98 Å². The smallest absolute Gasteiger partial charge is 0.223 e. The standard InChI is InChI=1S/C16H22N2O3S/c1-11(2)21-15-6-13(4-5-17-15)8-18-9-14(7-16(18)20)10-22-12(3)19/h4-6,11,14H,7-10H2,1-3H3. The van der Waals surface area contributed by atoms with E-state index in [1.807, 2.05) is 30.9 Å². The molecule has 6 heteroatoms. The molecule has 0 saturated carbocycles. The highest BCUT2D eigenvalue weighted by molar-refractivity contribution is 8.13. The number of nitrogens with zero attached hydrogens (tertiary/aromatic N) is 2. The van der Waals surface area contributed by atoms with E-state index in [1.165, 1.54) is 11.8 Å². The number of carbonyl (C=O) groups is 2. The Morgan fingerprint density at radius 3 is 3.00 bits per heavy atom. The van der Waals surface area contributed by atoms with Gasteiger partial charge in [0.05, 0.1) is 6.10 Å². The molecule has 0 aliphatic carbocycles. The fourth-order valence-corrected chi connectivity index (χ4v) is 3.12. The molecule has 22 heavy (non-hydrogen) atoms. The van der Waals surface area contributed by atoms with Crippen molar-refractivity contribution in [1.29, 1.82) is 0 Å². The first-order chi connectivity index (χ1) is 10.4. The van der Waals surface area contributed by atoms with Crippen LogP contribution in [0.25, 0.3) is 0 Å². The van der Waals surface area contributed by atoms with Crippen LogP contribution in [0.4, 0.5) is 0 Å². The van der Waals surface area contributed by atoms with Crippen molar-refractivity contribution in [2.45, 2.75) is 39.8 Å². The van der Waals surface area contributed by atoms with Gasteiger partial charge in [0.25, 0.3) is 0 Å². The highest BCUT2D eigenvalue weighted by Crippen LogP contribution is 2.24. The van der Waals surface area contributed by atoms with E-state index in [0.29, 0.717) is 25.4 Å². The van der Waals surface area contributed by atoms with Gasteiger partial charge in [0, 0.05) is 44.5 Å². The fourth-order valence-electron chi connectivity index (χ4n) is 2.43. The molecule has 0 aromatic carbocycles. The first-order valence-electron chi connectivity index (χ1n) is 7.46. The molecule has 0 spiro atoms. The lowest BCUT2D eigenvalue weighted by Crippen LogP contribution is -2.25. The average Bonchev–Trinajstić information content (AvgIpc) is 2.77. The predicted molar refractivity (Wildman–Crippen MR) is 86.7 cm³/mol. The van der Waals surface area contributed by atoms with Crippen molar-refractivity contribution in [3.8, 4) is 5.88 Å². The Hall–Kier alpha value is -1.56. The Kier molecular flexibility index (Phi) is 5.83. The zero-order valence-electron chi connectivity index (χ0n) is 13.2. The van der Waals surface area contributed by atoms with Gasteiger partial charge in [-0.2, -0.15) is 0 Å². The molecule has 2 heterocycles. The third kappa shape index (κ3) is 5.02. The summed E-state index contributed by atoms with van der Waals surface area (Å²) >= 11 is 1.30. The lowest BCUT2D eigenvalue weighted by atomic mass is 10.1. The molecule has 0 bridgehead atoms. The number of likely N-dealkylation sites (tertiary alicyclic amines) is 1. The summed E-state index contributed by atoms with van der Waals surface area (Å²) in [5.74, 6) is 1.71. The lowest BCUT2D eigenvalue weighted by molar-refractivity contribution is -0.128. The normalized spacial score (nSPS) is 18.1. The van der Waals surface area contributed by atoms with E-state index in [9.17, 15) is 9.59 Å². The van der Waals surface area contributed by atoms with Crippen molar-refractivity contribution in [1.82, 2.24) is 9.88 Å². The zero-order chi connectivity index (χ0) is 16.1. The van der Waals surface area contributed by atoms with Gasteiger partial charge >= 0.3 is 0 Å². The highest BCUT2D eigenvalue weighted by atomic mass is 32.2. The van der Waals surface area contributed by atoms with Crippen LogP contribution < -0.4 is 4.74 Å². The Morgan fingerprint density at radius 2 is 2.32 bits per heavy atom. The number of amides is 1. The monoisotopic (exact) mass is 322 g/mol. The van der Waals surface area contributed by atoms with Crippen LogP contribution >= 0.6 is 11.8 Å². The van der Waals surface area contributed by atoms with Crippen LogP contribution in [0.2, 0.25) is 0 Å². The second-order valence-electron chi connectivity index (χ2n) is 5.82. The van der Waals surface area contributed by atoms with Crippen molar-refractivity contribution >= 4 is 22.8 Å². The summed E-state index contributed by atoms with van der Waals surface area (Å²) in [7, 11) is 0. The van der Waals surface area contributed by atoms with Gasteiger partial charge in [0.15, 0.2) is 5.12 Å². The third-order valence-corrected chi connectivity index (χ3v) is 4.39. The van der Waals surface area contributed by atoms with Crippen molar-refractivity contribution in [2.24, 2.45) is 5.92 Å². The maximum atomic E-state index is 12.1. The van der Waals surface area contributed by atoms with Gasteiger partial charge in [0.1, 0.15) is 0 Å². The topological polar surface area (TPSA) is 59.5 Å². The molecule has 1 amide bonds. The fraction of sp³-hybridized carbons (Fsp3) is 0.562. The number of hydrogen-bond acceptors (Lipinski definition) is 5. The quantitative estimate of drug-likeness (QED) is 0.805. The van der Waals surface area contributed by atoms with E-state index in [0.717, 1.165) is 11.3 Å². The zero-order valence-corrected chi connectivity index (χ0v) is 14.1. The molecule has 1 saturated heterocycles. The van der Waals surface area contributed by atoms with Gasteiger partial charge in [0.2, 0.25) is 11.8 Å². The van der Waals surface area contributed by atoms with E-state index >= 15 is 0 Å². The van der Waals surface area contributed by atoms with E-state index in [1.54, 1.807) is 13.1 Å². The second kappa shape index (κ2) is 7.63. The minimum atomic E-state index is 0.0733. The predicted octanol–water partition coefficient (Wildman–Crippen LogP) is 2.50. The molecular formula is C16H22N2O3S. The molecule has 1 aromatic rings. The van der Waals surface area contributed by atoms with Crippen molar-refractivity contribution in [3.05, 3.63) is 23.9 Å². The Bertz CT molecular complexity index is 548. The number of aromatic nitrogens is 1. The second-order valence-corrected chi connectivity index (χ2v) is 7.01. The molecule has 1 aliphatic heterocycles. The van der Waals surface area contributed by atoms with Crippen LogP contribution in [-0.4, -0.2) is 39.3 Å². The van der Waals surface area contributed by atoms with Crippen molar-refractivity contribution < 1.29 is 14.3 Å². The summed E-state index contributed by atoms with van der Waals surface area (Å²) in [5, 5.41) is 0.107. The van der Waals surface area contributed by atoms with E-state index < -0.39 is 0 Å². The molecule has 1 unspecified atom stereocenters. The van der Waals surface area contributed by atoms with Crippen LogP contribution in [0.3, 0.4) is 0 Å². The number of carbonyl (C=O) groups excluding carboxylic acids is 2. The van der Waals surface area contributed by atoms with Gasteiger partial charge < -0.3 is 9.64 Å². The van der Waals surface area contributed by atoms with Crippen LogP contribution in [0.5, 0.6) is 5.88 Å². The summed E-state index contributed by atoms with van der Waals surface area (Å²) in [4.78, 5) is 29.1. The first kappa shape index (κ1) is 16.8. The molecule has 2 rings (SSSR count). The Balaban J connectivity index is 1.93. The van der Waals surface area contributed by atoms with Crippen molar-refractivity contribution in [3.63, 3.8) is 0 Å². The van der Waals surface area contributed by atoms with Crippen LogP contribution in [0, 0.1) is 5.92 Å². The lowest BCUT2D eigenvalue weighted by Gasteiger charge is -2.17. The first-order valence-corrected chi connectivity index (χ1v) is 8.45. The summed E-state index contributed by atoms with van der Waals surface area (Å²) in [6.45, 7) is 6.75. The average molecular weight is 322 g/mol. The van der Waals surface area contributed by atoms with E-state index in [2.05, 4.69) is 4.98 Å². The van der Waals surface area contributed by atoms with Gasteiger partial charge in [-0.15, -0.1) is 0 Å². The minimum Gasteiger partial charge on any atom is -0.475 e. The molecule has 1 aliphatic rings. The van der Waals surface area contributed by atoms with E-state index in [4.69, 9.17) is 4.74 Å². The number of ether oxygens (including phenoxy) is 1. The molecular weight excluding hydrogens is 300 g/mol. The number of thioether (sulfide) groups is 1. The molecule has 120 valence electrons. The third-order valence-electron chi connectivity index (χ3n) is 3.35. The van der Waals surface area contributed by atoms with Gasteiger partial charge in [-0.3, -0.25) is 9.59 Å². The summed E-state index contributed by atoms with van der Waals surface area (Å²) in [6.07, 6.45) is 2.31. The highest BCUT2D eigenvalue weighted by Gasteiger charge is 2.29. The van der Waals surface area contributed by atoms with Crippen molar-refractivity contribution in [2.75, 3.05) is 12.3 Å². The number of hydrogen-bond donors (Lipinski definition) is 0. The Morgan fingerprint density at radius 1 is 1.55 bits per heavy atom. The number of rotatable bonds is 6. The van der Waals surface area contributed by atoms with Crippen LogP contribution in [0.1, 0.15) is 32.8 Å². The number of pyridine rings is 1. The molecule has 1 atom stereocenters. The summed E-state index contributed by atoms with van der Waals surface area (Å²) in [6, 6.07) is 3.78. The molecule has 1 fully saturated rings. The van der Waals surface area contributed by atoms with Crippen LogP contribution in [0.15, 0.2) is 18.3 Å². The van der Waals surface area contributed by atoms with Gasteiger partial charge in [-0.1, -0.05) is 11.8 Å². The maximum Gasteiger partial charge on any atom is 0.223 e. The van der Waals surface area contributed by atoms with E-state index in [-0.39, 0.29) is 23.0 Å².